The summed E-state index contributed by atoms with van der Waals surface area (Å²) in [4.78, 5) is 20.9. The molecule has 0 saturated heterocycles. The van der Waals surface area contributed by atoms with Crippen molar-refractivity contribution in [1.29, 1.82) is 0 Å². The monoisotopic (exact) mass is 458 g/mol. The fourth-order valence-corrected chi connectivity index (χ4v) is 3.70. The Hall–Kier alpha value is -3.53. The first-order valence-electron chi connectivity index (χ1n) is 9.92. The van der Waals surface area contributed by atoms with Gasteiger partial charge in [0.15, 0.2) is 0 Å². The van der Waals surface area contributed by atoms with Gasteiger partial charge in [-0.05, 0) is 37.1 Å². The number of benzene rings is 1. The van der Waals surface area contributed by atoms with Crippen LogP contribution in [0.15, 0.2) is 36.8 Å². The molecule has 32 heavy (non-hydrogen) atoms. The second-order valence-corrected chi connectivity index (χ2v) is 7.31. The quantitative estimate of drug-likeness (QED) is 0.386. The standard InChI is InChI=1S/C21H20ClFN6O3/c1-4-17(12-6-14(22)8-15(23)7-12)29-18-16(10-25-29)26-21(27-19(18)31-3)28-11-13(9-24-28)20(30)32-5-2/h6-11,17H,4-5H2,1-3H3. The van der Waals surface area contributed by atoms with Crippen LogP contribution in [0, 0.1) is 5.82 Å². The van der Waals surface area contributed by atoms with E-state index in [9.17, 15) is 9.18 Å². The van der Waals surface area contributed by atoms with E-state index in [-0.39, 0.29) is 30.0 Å². The summed E-state index contributed by atoms with van der Waals surface area (Å²) >= 11 is 6.06. The molecule has 166 valence electrons. The molecule has 4 aromatic rings. The molecule has 0 saturated carbocycles. The van der Waals surface area contributed by atoms with E-state index in [0.29, 0.717) is 28.0 Å². The van der Waals surface area contributed by atoms with Gasteiger partial charge in [-0.15, -0.1) is 0 Å². The normalized spacial score (nSPS) is 12.2. The van der Waals surface area contributed by atoms with Crippen molar-refractivity contribution in [2.75, 3.05) is 13.7 Å². The Labute approximate surface area is 187 Å². The number of carbonyl (C=O) groups excluding carboxylic acids is 1. The lowest BCUT2D eigenvalue weighted by Gasteiger charge is -2.18. The van der Waals surface area contributed by atoms with E-state index in [2.05, 4.69) is 20.2 Å². The van der Waals surface area contributed by atoms with E-state index >= 15 is 0 Å². The maximum atomic E-state index is 14.0. The van der Waals surface area contributed by atoms with Gasteiger partial charge in [-0.1, -0.05) is 18.5 Å². The van der Waals surface area contributed by atoms with E-state index in [1.807, 2.05) is 6.92 Å². The molecule has 0 amide bonds. The molecular weight excluding hydrogens is 439 g/mol. The van der Waals surface area contributed by atoms with E-state index in [1.165, 1.54) is 36.3 Å². The van der Waals surface area contributed by atoms with Crippen LogP contribution < -0.4 is 4.74 Å². The van der Waals surface area contributed by atoms with Gasteiger partial charge >= 0.3 is 5.97 Å². The summed E-state index contributed by atoms with van der Waals surface area (Å²) in [5.74, 6) is -0.453. The molecule has 0 fully saturated rings. The Morgan fingerprint density at radius 2 is 2.00 bits per heavy atom. The summed E-state index contributed by atoms with van der Waals surface area (Å²) in [6.07, 6.45) is 5.04. The van der Waals surface area contributed by atoms with E-state index in [0.717, 1.165) is 0 Å². The topological polar surface area (TPSA) is 97.0 Å². The Kier molecular flexibility index (Phi) is 6.04. The molecule has 0 radical (unpaired) electrons. The highest BCUT2D eigenvalue weighted by Crippen LogP contribution is 2.31. The second-order valence-electron chi connectivity index (χ2n) is 6.88. The number of nitrogens with zero attached hydrogens (tertiary/aromatic N) is 6. The van der Waals surface area contributed by atoms with Crippen molar-refractivity contribution >= 4 is 28.6 Å². The minimum atomic E-state index is -0.487. The van der Waals surface area contributed by atoms with Crippen molar-refractivity contribution in [1.82, 2.24) is 29.5 Å². The number of hydrogen-bond acceptors (Lipinski definition) is 7. The van der Waals surface area contributed by atoms with Crippen LogP contribution in [-0.2, 0) is 4.74 Å². The molecule has 4 rings (SSSR count). The molecule has 0 aliphatic carbocycles. The first-order chi connectivity index (χ1) is 15.4. The minimum absolute atomic E-state index is 0.200. The van der Waals surface area contributed by atoms with Crippen molar-refractivity contribution in [2.45, 2.75) is 26.3 Å². The molecular formula is C21H20ClFN6O3. The molecule has 9 nitrogen and oxygen atoms in total. The summed E-state index contributed by atoms with van der Waals surface area (Å²) < 4.78 is 27.5. The highest BCUT2D eigenvalue weighted by molar-refractivity contribution is 6.30. The molecule has 3 aromatic heterocycles. The molecule has 0 aliphatic rings. The first kappa shape index (κ1) is 21.7. The van der Waals surface area contributed by atoms with Crippen molar-refractivity contribution in [3.63, 3.8) is 0 Å². The number of halogens is 2. The smallest absolute Gasteiger partial charge is 0.341 e. The SMILES string of the molecule is CCOC(=O)c1cnn(-c2nc(OC)c3c(cnn3C(CC)c3cc(F)cc(Cl)c3)n2)c1. The Morgan fingerprint density at radius 1 is 1.19 bits per heavy atom. The van der Waals surface area contributed by atoms with Gasteiger partial charge < -0.3 is 9.47 Å². The number of rotatable bonds is 7. The van der Waals surface area contributed by atoms with Crippen LogP contribution in [0.4, 0.5) is 4.39 Å². The van der Waals surface area contributed by atoms with Gasteiger partial charge in [0.2, 0.25) is 5.88 Å². The van der Waals surface area contributed by atoms with Crippen molar-refractivity contribution in [3.05, 3.63) is 58.8 Å². The zero-order valence-corrected chi connectivity index (χ0v) is 18.4. The van der Waals surface area contributed by atoms with Crippen LogP contribution in [-0.4, -0.2) is 49.2 Å². The Balaban J connectivity index is 1.79. The molecule has 0 aliphatic heterocycles. The summed E-state index contributed by atoms with van der Waals surface area (Å²) in [5.41, 5.74) is 1.99. The largest absolute Gasteiger partial charge is 0.479 e. The van der Waals surface area contributed by atoms with Gasteiger partial charge in [-0.25, -0.2) is 18.9 Å². The van der Waals surface area contributed by atoms with Crippen molar-refractivity contribution in [2.24, 2.45) is 0 Å². The molecule has 0 bridgehead atoms. The predicted octanol–water partition coefficient (Wildman–Crippen LogP) is 3.99. The number of esters is 1. The number of fused-ring (bicyclic) bond motifs is 1. The summed E-state index contributed by atoms with van der Waals surface area (Å²) in [6.45, 7) is 3.94. The lowest BCUT2D eigenvalue weighted by Crippen LogP contribution is -2.13. The maximum Gasteiger partial charge on any atom is 0.341 e. The van der Waals surface area contributed by atoms with Crippen LogP contribution in [0.25, 0.3) is 17.0 Å². The lowest BCUT2D eigenvalue weighted by atomic mass is 10.0. The van der Waals surface area contributed by atoms with E-state index in [4.69, 9.17) is 21.1 Å². The zero-order chi connectivity index (χ0) is 22.8. The average molecular weight is 459 g/mol. The number of ether oxygens (including phenoxy) is 2. The Bertz CT molecular complexity index is 1270. The van der Waals surface area contributed by atoms with Crippen molar-refractivity contribution < 1.29 is 18.7 Å². The van der Waals surface area contributed by atoms with E-state index < -0.39 is 11.8 Å². The summed E-state index contributed by atoms with van der Waals surface area (Å²) in [5, 5.41) is 8.92. The van der Waals surface area contributed by atoms with Gasteiger partial charge in [-0.2, -0.15) is 15.2 Å². The van der Waals surface area contributed by atoms with Crippen molar-refractivity contribution in [3.8, 4) is 11.8 Å². The average Bonchev–Trinajstić information content (AvgIpc) is 3.41. The predicted molar refractivity (Wildman–Crippen MR) is 115 cm³/mol. The molecule has 3 heterocycles. The molecule has 1 unspecified atom stereocenters. The fourth-order valence-electron chi connectivity index (χ4n) is 3.47. The molecule has 0 N–H and O–H groups in total. The van der Waals surface area contributed by atoms with Gasteiger partial charge in [0.05, 0.1) is 37.7 Å². The second kappa shape index (κ2) is 8.91. The third-order valence-electron chi connectivity index (χ3n) is 4.84. The first-order valence-corrected chi connectivity index (χ1v) is 10.3. The summed E-state index contributed by atoms with van der Waals surface area (Å²) in [7, 11) is 1.48. The highest BCUT2D eigenvalue weighted by Gasteiger charge is 2.22. The van der Waals surface area contributed by atoms with Gasteiger partial charge in [-0.3, -0.25) is 4.68 Å². The van der Waals surface area contributed by atoms with Crippen LogP contribution in [0.2, 0.25) is 5.02 Å². The lowest BCUT2D eigenvalue weighted by molar-refractivity contribution is 0.0526. The molecule has 1 atom stereocenters. The molecule has 11 heteroatoms. The van der Waals surface area contributed by atoms with Gasteiger partial charge in [0.1, 0.15) is 16.9 Å². The van der Waals surface area contributed by atoms with Crippen LogP contribution >= 0.6 is 11.6 Å². The zero-order valence-electron chi connectivity index (χ0n) is 17.6. The van der Waals surface area contributed by atoms with Gasteiger partial charge in [0, 0.05) is 11.2 Å². The number of aromatic nitrogens is 6. The van der Waals surface area contributed by atoms with Crippen LogP contribution in [0.1, 0.15) is 42.2 Å². The molecule has 1 aromatic carbocycles. The number of carbonyl (C=O) groups is 1. The number of methoxy groups -OCH3 is 1. The third kappa shape index (κ3) is 4.01. The number of hydrogen-bond donors (Lipinski definition) is 0. The maximum absolute atomic E-state index is 14.0. The molecule has 0 spiro atoms. The van der Waals surface area contributed by atoms with Crippen LogP contribution in [0.5, 0.6) is 5.88 Å². The van der Waals surface area contributed by atoms with E-state index in [1.54, 1.807) is 23.9 Å². The minimum Gasteiger partial charge on any atom is -0.479 e. The highest BCUT2D eigenvalue weighted by atomic mass is 35.5. The fraction of sp³-hybridized carbons (Fsp3) is 0.286. The Morgan fingerprint density at radius 3 is 2.69 bits per heavy atom. The third-order valence-corrected chi connectivity index (χ3v) is 5.06. The van der Waals surface area contributed by atoms with Gasteiger partial charge in [0.25, 0.3) is 5.95 Å². The summed E-state index contributed by atoms with van der Waals surface area (Å²) in [6, 6.07) is 4.07. The van der Waals surface area contributed by atoms with Crippen LogP contribution in [0.3, 0.4) is 0 Å².